The number of nitrogens with zero attached hydrogens (tertiary/aromatic N) is 2. The van der Waals surface area contributed by atoms with Crippen molar-refractivity contribution in [2.24, 2.45) is 0 Å². The van der Waals surface area contributed by atoms with Gasteiger partial charge in [-0.1, -0.05) is 24.3 Å². The van der Waals surface area contributed by atoms with Gasteiger partial charge in [-0.2, -0.15) is 0 Å². The molecule has 1 unspecified atom stereocenters. The maximum Gasteiger partial charge on any atom is 0.175 e. The Balaban J connectivity index is 1.52. The summed E-state index contributed by atoms with van der Waals surface area (Å²) in [6, 6.07) is 13.6. The second kappa shape index (κ2) is 9.85. The molecule has 1 atom stereocenters. The number of thiocarbonyl (C=S) groups is 1. The van der Waals surface area contributed by atoms with Gasteiger partial charge in [-0.05, 0) is 61.0 Å². The Morgan fingerprint density at radius 2 is 1.73 bits per heavy atom. The van der Waals surface area contributed by atoms with Crippen molar-refractivity contribution in [3.05, 3.63) is 65.5 Å². The smallest absolute Gasteiger partial charge is 0.175 e. The third kappa shape index (κ3) is 6.23. The Bertz CT molecular complexity index is 963. The van der Waals surface area contributed by atoms with Crippen molar-refractivity contribution < 1.29 is 12.8 Å². The molecule has 1 saturated heterocycles. The lowest BCUT2D eigenvalue weighted by Crippen LogP contribution is -2.42. The Labute approximate surface area is 183 Å². The van der Waals surface area contributed by atoms with Gasteiger partial charge in [0.05, 0.1) is 10.9 Å². The van der Waals surface area contributed by atoms with Crippen LogP contribution in [0.25, 0.3) is 0 Å². The average molecular weight is 450 g/mol. The fourth-order valence-electron chi connectivity index (χ4n) is 3.54. The van der Waals surface area contributed by atoms with Gasteiger partial charge in [-0.3, -0.25) is 4.90 Å². The molecule has 8 heteroatoms. The molecule has 0 spiro atoms. The standard InChI is InChI=1S/C22H28FN3O2S2/c1-17(19-6-8-20(23)9-7-19)24-22(29)26-13-3-12-25(14-15-26)16-18-4-10-21(11-5-18)30(2,27)28/h4-11,17H,3,12-16H2,1-2H3,(H,24,29). The van der Waals surface area contributed by atoms with Gasteiger partial charge < -0.3 is 10.2 Å². The number of nitrogens with one attached hydrogen (secondary N) is 1. The molecule has 5 nitrogen and oxygen atoms in total. The van der Waals surface area contributed by atoms with Crippen molar-refractivity contribution in [3.63, 3.8) is 0 Å². The van der Waals surface area contributed by atoms with Crippen LogP contribution in [0.15, 0.2) is 53.4 Å². The highest BCUT2D eigenvalue weighted by molar-refractivity contribution is 7.90. The zero-order chi connectivity index (χ0) is 21.7. The molecule has 0 bridgehead atoms. The molecule has 162 valence electrons. The minimum Gasteiger partial charge on any atom is -0.356 e. The van der Waals surface area contributed by atoms with Crippen LogP contribution in [-0.2, 0) is 16.4 Å². The minimum absolute atomic E-state index is 0.00538. The zero-order valence-electron chi connectivity index (χ0n) is 17.3. The first-order valence-electron chi connectivity index (χ1n) is 10.0. The fourth-order valence-corrected chi connectivity index (χ4v) is 4.53. The van der Waals surface area contributed by atoms with Crippen LogP contribution in [0.1, 0.15) is 30.5 Å². The molecule has 1 aliphatic heterocycles. The lowest BCUT2D eigenvalue weighted by molar-refractivity contribution is 0.277. The molecule has 1 aliphatic rings. The van der Waals surface area contributed by atoms with Crippen LogP contribution in [0.5, 0.6) is 0 Å². The van der Waals surface area contributed by atoms with Gasteiger partial charge in [0.1, 0.15) is 5.82 Å². The predicted octanol–water partition coefficient (Wildman–Crippen LogP) is 3.37. The van der Waals surface area contributed by atoms with Crippen molar-refractivity contribution >= 4 is 27.2 Å². The number of benzene rings is 2. The maximum absolute atomic E-state index is 13.1. The number of halogens is 1. The van der Waals surface area contributed by atoms with E-state index in [1.807, 2.05) is 19.1 Å². The molecule has 0 amide bonds. The lowest BCUT2D eigenvalue weighted by Gasteiger charge is -2.27. The number of rotatable bonds is 5. The first-order valence-corrected chi connectivity index (χ1v) is 12.3. The van der Waals surface area contributed by atoms with E-state index in [2.05, 4.69) is 15.1 Å². The number of hydrogen-bond acceptors (Lipinski definition) is 4. The van der Waals surface area contributed by atoms with Gasteiger partial charge in [0.15, 0.2) is 14.9 Å². The molecule has 0 saturated carbocycles. The van der Waals surface area contributed by atoms with E-state index in [-0.39, 0.29) is 11.9 Å². The summed E-state index contributed by atoms with van der Waals surface area (Å²) in [5.41, 5.74) is 2.09. The topological polar surface area (TPSA) is 52.6 Å². The van der Waals surface area contributed by atoms with Crippen LogP contribution in [-0.4, -0.2) is 55.8 Å². The SMILES string of the molecule is CC(NC(=S)N1CCCN(Cc2ccc(S(C)(=O)=O)cc2)CC1)c1ccc(F)cc1. The van der Waals surface area contributed by atoms with Crippen LogP contribution >= 0.6 is 12.2 Å². The van der Waals surface area contributed by atoms with Gasteiger partial charge in [0.25, 0.3) is 0 Å². The average Bonchev–Trinajstić information content (AvgIpc) is 2.94. The largest absolute Gasteiger partial charge is 0.356 e. The maximum atomic E-state index is 13.1. The first kappa shape index (κ1) is 22.7. The van der Waals surface area contributed by atoms with E-state index < -0.39 is 9.84 Å². The third-order valence-electron chi connectivity index (χ3n) is 5.34. The second-order valence-corrected chi connectivity index (χ2v) is 10.2. The van der Waals surface area contributed by atoms with Crippen LogP contribution in [0, 0.1) is 5.82 Å². The molecule has 1 fully saturated rings. The van der Waals surface area contributed by atoms with Crippen LogP contribution < -0.4 is 5.32 Å². The Morgan fingerprint density at radius 1 is 1.07 bits per heavy atom. The Hall–Kier alpha value is -2.03. The summed E-state index contributed by atoms with van der Waals surface area (Å²) in [6.07, 6.45) is 2.22. The van der Waals surface area contributed by atoms with E-state index in [0.717, 1.165) is 50.3 Å². The summed E-state index contributed by atoms with van der Waals surface area (Å²) in [4.78, 5) is 4.89. The highest BCUT2D eigenvalue weighted by atomic mass is 32.2. The van der Waals surface area contributed by atoms with Gasteiger partial charge in [0, 0.05) is 39.0 Å². The Morgan fingerprint density at radius 3 is 2.37 bits per heavy atom. The van der Waals surface area contributed by atoms with E-state index in [1.165, 1.54) is 18.4 Å². The number of hydrogen-bond donors (Lipinski definition) is 1. The molecule has 2 aromatic carbocycles. The molecule has 1 heterocycles. The van der Waals surface area contributed by atoms with Crippen molar-refractivity contribution in [1.82, 2.24) is 15.1 Å². The summed E-state index contributed by atoms with van der Waals surface area (Å²) >= 11 is 5.62. The summed E-state index contributed by atoms with van der Waals surface area (Å²) in [7, 11) is -3.17. The highest BCUT2D eigenvalue weighted by Gasteiger charge is 2.19. The van der Waals surface area contributed by atoms with Crippen LogP contribution in [0.2, 0.25) is 0 Å². The van der Waals surface area contributed by atoms with E-state index in [4.69, 9.17) is 12.2 Å². The van der Waals surface area contributed by atoms with Crippen molar-refractivity contribution in [2.75, 3.05) is 32.4 Å². The highest BCUT2D eigenvalue weighted by Crippen LogP contribution is 2.16. The van der Waals surface area contributed by atoms with E-state index in [9.17, 15) is 12.8 Å². The van der Waals surface area contributed by atoms with Gasteiger partial charge in [-0.25, -0.2) is 12.8 Å². The molecule has 0 aliphatic carbocycles. The molecule has 1 N–H and O–H groups in total. The monoisotopic (exact) mass is 449 g/mol. The molecule has 0 radical (unpaired) electrons. The summed E-state index contributed by atoms with van der Waals surface area (Å²) < 4.78 is 36.3. The Kier molecular flexibility index (Phi) is 7.44. The molecule has 3 rings (SSSR count). The second-order valence-electron chi connectivity index (χ2n) is 7.76. The van der Waals surface area contributed by atoms with Gasteiger partial charge >= 0.3 is 0 Å². The zero-order valence-corrected chi connectivity index (χ0v) is 19.0. The van der Waals surface area contributed by atoms with Gasteiger partial charge in [-0.15, -0.1) is 0 Å². The summed E-state index contributed by atoms with van der Waals surface area (Å²) in [5.74, 6) is -0.243. The van der Waals surface area contributed by atoms with Crippen LogP contribution in [0.4, 0.5) is 4.39 Å². The molecule has 30 heavy (non-hydrogen) atoms. The fraction of sp³-hybridized carbons (Fsp3) is 0.409. The number of sulfone groups is 1. The van der Waals surface area contributed by atoms with Crippen molar-refractivity contribution in [2.45, 2.75) is 30.8 Å². The summed E-state index contributed by atoms with van der Waals surface area (Å²) in [5, 5.41) is 4.07. The van der Waals surface area contributed by atoms with E-state index >= 15 is 0 Å². The lowest BCUT2D eigenvalue weighted by atomic mass is 10.1. The molecular formula is C22H28FN3O2S2. The van der Waals surface area contributed by atoms with Crippen molar-refractivity contribution in [3.8, 4) is 0 Å². The molecule has 0 aromatic heterocycles. The van der Waals surface area contributed by atoms with E-state index in [1.54, 1.807) is 24.3 Å². The van der Waals surface area contributed by atoms with Crippen LogP contribution in [0.3, 0.4) is 0 Å². The minimum atomic E-state index is -3.17. The normalized spacial score (nSPS) is 16.7. The quantitative estimate of drug-likeness (QED) is 0.707. The van der Waals surface area contributed by atoms with E-state index in [0.29, 0.717) is 10.0 Å². The first-order chi connectivity index (χ1) is 14.2. The molecular weight excluding hydrogens is 421 g/mol. The van der Waals surface area contributed by atoms with Crippen molar-refractivity contribution in [1.29, 1.82) is 0 Å². The van der Waals surface area contributed by atoms with Gasteiger partial charge in [0.2, 0.25) is 0 Å². The predicted molar refractivity (Wildman–Crippen MR) is 122 cm³/mol. The molecule has 2 aromatic rings. The summed E-state index contributed by atoms with van der Waals surface area (Å²) in [6.45, 7) is 6.34. The third-order valence-corrected chi connectivity index (χ3v) is 6.85.